The number of carbonyl (C=O) groups excluding carboxylic acids is 2. The maximum Gasteiger partial charge on any atom is 0.407 e. The number of carboxylic acids is 1. The van der Waals surface area contributed by atoms with Crippen LogP contribution in [0.1, 0.15) is 33.6 Å². The summed E-state index contributed by atoms with van der Waals surface area (Å²) < 4.78 is 10.3. The average Bonchev–Trinajstić information content (AvgIpc) is 2.46. The van der Waals surface area contributed by atoms with Gasteiger partial charge in [-0.1, -0.05) is 18.2 Å². The van der Waals surface area contributed by atoms with Crippen molar-refractivity contribution in [1.82, 2.24) is 5.32 Å². The van der Waals surface area contributed by atoms with Gasteiger partial charge < -0.3 is 19.9 Å². The van der Waals surface area contributed by atoms with Crippen molar-refractivity contribution in [1.29, 1.82) is 0 Å². The first kappa shape index (κ1) is 19.5. The molecule has 0 aliphatic carbocycles. The first-order chi connectivity index (χ1) is 11.2. The number of aliphatic carboxylic acids is 1. The summed E-state index contributed by atoms with van der Waals surface area (Å²) in [7, 11) is 0. The van der Waals surface area contributed by atoms with Crippen molar-refractivity contribution < 1.29 is 29.0 Å². The number of carboxylic acid groups (broad SMARTS) is 1. The molecule has 1 atom stereocenters. The minimum atomic E-state index is -1.02. The molecule has 1 aromatic rings. The molecule has 0 saturated carbocycles. The van der Waals surface area contributed by atoms with E-state index in [0.29, 0.717) is 5.75 Å². The van der Waals surface area contributed by atoms with E-state index in [0.717, 1.165) is 0 Å². The molecule has 0 aromatic heterocycles. The maximum atomic E-state index is 12.2. The predicted molar refractivity (Wildman–Crippen MR) is 86.7 cm³/mol. The lowest BCUT2D eigenvalue weighted by molar-refractivity contribution is -0.140. The van der Waals surface area contributed by atoms with Gasteiger partial charge in [0.05, 0.1) is 5.92 Å². The summed E-state index contributed by atoms with van der Waals surface area (Å²) in [5.74, 6) is -2.04. The van der Waals surface area contributed by atoms with Gasteiger partial charge in [-0.3, -0.25) is 9.59 Å². The summed E-state index contributed by atoms with van der Waals surface area (Å²) >= 11 is 0. The van der Waals surface area contributed by atoms with Crippen molar-refractivity contribution in [3.8, 4) is 5.75 Å². The fraction of sp³-hybridized carbons (Fsp3) is 0.471. The van der Waals surface area contributed by atoms with Crippen LogP contribution in [0.4, 0.5) is 4.79 Å². The molecule has 0 radical (unpaired) electrons. The van der Waals surface area contributed by atoms with E-state index < -0.39 is 29.6 Å². The van der Waals surface area contributed by atoms with Crippen molar-refractivity contribution in [3.63, 3.8) is 0 Å². The van der Waals surface area contributed by atoms with E-state index in [-0.39, 0.29) is 19.4 Å². The number of rotatable bonds is 7. The molecule has 0 heterocycles. The van der Waals surface area contributed by atoms with Crippen LogP contribution in [0.5, 0.6) is 5.75 Å². The number of alkyl carbamates (subject to hydrolysis) is 1. The normalized spacial score (nSPS) is 12.1. The smallest absolute Gasteiger partial charge is 0.407 e. The fourth-order valence-corrected chi connectivity index (χ4v) is 1.81. The Labute approximate surface area is 141 Å². The van der Waals surface area contributed by atoms with Crippen LogP contribution >= 0.6 is 0 Å². The Hall–Kier alpha value is -2.57. The number of carbonyl (C=O) groups is 3. The van der Waals surface area contributed by atoms with E-state index in [1.807, 2.05) is 0 Å². The third kappa shape index (κ3) is 8.17. The molecule has 1 aromatic carbocycles. The minimum Gasteiger partial charge on any atom is -0.481 e. The molecule has 132 valence electrons. The minimum absolute atomic E-state index is 0.0524. The van der Waals surface area contributed by atoms with E-state index in [2.05, 4.69) is 5.32 Å². The highest BCUT2D eigenvalue weighted by molar-refractivity contribution is 5.77. The van der Waals surface area contributed by atoms with Crippen LogP contribution in [0.15, 0.2) is 30.3 Å². The lowest BCUT2D eigenvalue weighted by atomic mass is 10.0. The zero-order valence-corrected chi connectivity index (χ0v) is 14.1. The van der Waals surface area contributed by atoms with Crippen molar-refractivity contribution in [2.24, 2.45) is 5.92 Å². The Kier molecular flexibility index (Phi) is 7.23. The highest BCUT2D eigenvalue weighted by atomic mass is 16.6. The van der Waals surface area contributed by atoms with Gasteiger partial charge in [-0.25, -0.2) is 4.79 Å². The first-order valence-corrected chi connectivity index (χ1v) is 7.63. The van der Waals surface area contributed by atoms with E-state index in [4.69, 9.17) is 14.6 Å². The second-order valence-electron chi connectivity index (χ2n) is 6.25. The van der Waals surface area contributed by atoms with Gasteiger partial charge in [-0.05, 0) is 39.3 Å². The van der Waals surface area contributed by atoms with Crippen LogP contribution in [0, 0.1) is 5.92 Å². The number of hydrogen-bond donors (Lipinski definition) is 2. The summed E-state index contributed by atoms with van der Waals surface area (Å²) in [6, 6.07) is 8.45. The van der Waals surface area contributed by atoms with Gasteiger partial charge in [0.25, 0.3) is 0 Å². The van der Waals surface area contributed by atoms with Crippen LogP contribution in [0.2, 0.25) is 0 Å². The molecule has 1 amide bonds. The number of esters is 1. The zero-order valence-electron chi connectivity index (χ0n) is 14.1. The molecule has 0 fully saturated rings. The zero-order chi connectivity index (χ0) is 18.2. The van der Waals surface area contributed by atoms with Gasteiger partial charge in [0, 0.05) is 13.0 Å². The third-order valence-electron chi connectivity index (χ3n) is 2.89. The summed E-state index contributed by atoms with van der Waals surface area (Å²) in [5, 5.41) is 11.3. The monoisotopic (exact) mass is 337 g/mol. The molecule has 2 N–H and O–H groups in total. The maximum absolute atomic E-state index is 12.2. The van der Waals surface area contributed by atoms with Gasteiger partial charge in [-0.15, -0.1) is 0 Å². The van der Waals surface area contributed by atoms with Crippen molar-refractivity contribution >= 4 is 18.0 Å². The highest BCUT2D eigenvalue weighted by Gasteiger charge is 2.24. The molecule has 1 rings (SSSR count). The standard InChI is InChI=1S/C17H23NO6/c1-17(2,3)24-16(22)18-11-12(9-10-14(19)20)15(21)23-13-7-5-4-6-8-13/h4-8,12H,9-11H2,1-3H3,(H,18,22)(H,19,20). The molecule has 1 unspecified atom stereocenters. The molecule has 0 aliphatic heterocycles. The lowest BCUT2D eigenvalue weighted by Crippen LogP contribution is -2.38. The van der Waals surface area contributed by atoms with Crippen molar-refractivity contribution in [3.05, 3.63) is 30.3 Å². The van der Waals surface area contributed by atoms with Crippen LogP contribution in [0.3, 0.4) is 0 Å². The molecule has 24 heavy (non-hydrogen) atoms. The molecule has 0 spiro atoms. The average molecular weight is 337 g/mol. The molecular weight excluding hydrogens is 314 g/mol. The van der Waals surface area contributed by atoms with E-state index in [9.17, 15) is 14.4 Å². The second kappa shape index (κ2) is 8.90. The van der Waals surface area contributed by atoms with Crippen molar-refractivity contribution in [2.75, 3.05) is 6.54 Å². The molecule has 7 heteroatoms. The fourth-order valence-electron chi connectivity index (χ4n) is 1.81. The number of nitrogens with one attached hydrogen (secondary N) is 1. The third-order valence-corrected chi connectivity index (χ3v) is 2.89. The number of ether oxygens (including phenoxy) is 2. The predicted octanol–water partition coefficient (Wildman–Crippen LogP) is 2.60. The summed E-state index contributed by atoms with van der Waals surface area (Å²) in [6.45, 7) is 5.10. The Morgan fingerprint density at radius 2 is 1.79 bits per heavy atom. The van der Waals surface area contributed by atoms with Crippen LogP contribution in [-0.4, -0.2) is 35.3 Å². The van der Waals surface area contributed by atoms with E-state index in [1.165, 1.54) is 0 Å². The van der Waals surface area contributed by atoms with Crippen LogP contribution < -0.4 is 10.1 Å². The second-order valence-corrected chi connectivity index (χ2v) is 6.25. The molecular formula is C17H23NO6. The van der Waals surface area contributed by atoms with Gasteiger partial charge in [-0.2, -0.15) is 0 Å². The Morgan fingerprint density at radius 3 is 2.33 bits per heavy atom. The molecule has 0 bridgehead atoms. The lowest BCUT2D eigenvalue weighted by Gasteiger charge is -2.21. The number of amides is 1. The SMILES string of the molecule is CC(C)(C)OC(=O)NCC(CCC(=O)O)C(=O)Oc1ccccc1. The quantitative estimate of drug-likeness (QED) is 0.586. The van der Waals surface area contributed by atoms with E-state index in [1.54, 1.807) is 51.1 Å². The number of benzene rings is 1. The Bertz CT molecular complexity index is 564. The molecule has 0 aliphatic rings. The van der Waals surface area contributed by atoms with Crippen LogP contribution in [0.25, 0.3) is 0 Å². The van der Waals surface area contributed by atoms with Crippen LogP contribution in [-0.2, 0) is 14.3 Å². The number of hydrogen-bond acceptors (Lipinski definition) is 5. The largest absolute Gasteiger partial charge is 0.481 e. The Balaban J connectivity index is 2.63. The van der Waals surface area contributed by atoms with Crippen molar-refractivity contribution in [2.45, 2.75) is 39.2 Å². The first-order valence-electron chi connectivity index (χ1n) is 7.63. The molecule has 0 saturated heterocycles. The van der Waals surface area contributed by atoms with Gasteiger partial charge >= 0.3 is 18.0 Å². The topological polar surface area (TPSA) is 102 Å². The number of para-hydroxylation sites is 1. The van der Waals surface area contributed by atoms with Gasteiger partial charge in [0.1, 0.15) is 11.4 Å². The molecule has 7 nitrogen and oxygen atoms in total. The summed E-state index contributed by atoms with van der Waals surface area (Å²) in [5.41, 5.74) is -0.662. The van der Waals surface area contributed by atoms with Gasteiger partial charge in [0.15, 0.2) is 0 Å². The van der Waals surface area contributed by atoms with Gasteiger partial charge in [0.2, 0.25) is 0 Å². The Morgan fingerprint density at radius 1 is 1.17 bits per heavy atom. The van der Waals surface area contributed by atoms with E-state index >= 15 is 0 Å². The summed E-state index contributed by atoms with van der Waals surface area (Å²) in [6.07, 6.45) is -0.822. The summed E-state index contributed by atoms with van der Waals surface area (Å²) in [4.78, 5) is 34.6. The highest BCUT2D eigenvalue weighted by Crippen LogP contribution is 2.14.